The largest absolute Gasteiger partial charge is 0.467 e. The van der Waals surface area contributed by atoms with E-state index in [9.17, 15) is 4.79 Å². The van der Waals surface area contributed by atoms with Gasteiger partial charge in [-0.25, -0.2) is 0 Å². The Hall–Kier alpha value is -2.56. The highest BCUT2D eigenvalue weighted by Gasteiger charge is 2.14. The third-order valence-electron chi connectivity index (χ3n) is 3.70. The Morgan fingerprint density at radius 1 is 1.12 bits per heavy atom. The third kappa shape index (κ3) is 4.97. The van der Waals surface area contributed by atoms with E-state index in [1.54, 1.807) is 53.9 Å². The van der Waals surface area contributed by atoms with Gasteiger partial charge in [0.1, 0.15) is 5.76 Å². The van der Waals surface area contributed by atoms with Crippen LogP contribution < -0.4 is 0 Å². The summed E-state index contributed by atoms with van der Waals surface area (Å²) in [6, 6.07) is 12.6. The summed E-state index contributed by atoms with van der Waals surface area (Å²) >= 11 is 11.9. The van der Waals surface area contributed by atoms with E-state index in [4.69, 9.17) is 27.6 Å². The molecule has 1 amide bonds. The molecule has 0 saturated carbocycles. The van der Waals surface area contributed by atoms with Crippen molar-refractivity contribution >= 4 is 35.2 Å². The fourth-order valence-electron chi connectivity index (χ4n) is 2.40. The van der Waals surface area contributed by atoms with Crippen molar-refractivity contribution in [3.05, 3.63) is 94.1 Å². The maximum atomic E-state index is 12.7. The van der Waals surface area contributed by atoms with E-state index in [0.29, 0.717) is 28.9 Å². The Morgan fingerprint density at radius 2 is 2.00 bits per heavy atom. The van der Waals surface area contributed by atoms with Crippen molar-refractivity contribution in [1.29, 1.82) is 0 Å². The van der Waals surface area contributed by atoms with Gasteiger partial charge in [0.2, 0.25) is 5.91 Å². The number of carbonyl (C=O) groups excluding carboxylic acids is 1. The lowest BCUT2D eigenvalue weighted by atomic mass is 10.2. The van der Waals surface area contributed by atoms with Gasteiger partial charge in [-0.3, -0.25) is 9.78 Å². The zero-order chi connectivity index (χ0) is 18.4. The molecule has 0 saturated heterocycles. The van der Waals surface area contributed by atoms with Crippen LogP contribution in [0.15, 0.2) is 71.6 Å². The lowest BCUT2D eigenvalue weighted by molar-refractivity contribution is -0.127. The second-order valence-electron chi connectivity index (χ2n) is 5.64. The lowest BCUT2D eigenvalue weighted by Gasteiger charge is -2.20. The van der Waals surface area contributed by atoms with Crippen LogP contribution in [0, 0.1) is 0 Å². The first kappa shape index (κ1) is 18.2. The number of carbonyl (C=O) groups is 1. The van der Waals surface area contributed by atoms with Crippen LogP contribution in [0.4, 0.5) is 0 Å². The zero-order valence-electron chi connectivity index (χ0n) is 13.8. The topological polar surface area (TPSA) is 46.3 Å². The average molecular weight is 387 g/mol. The maximum absolute atomic E-state index is 12.7. The second kappa shape index (κ2) is 8.70. The fourth-order valence-corrected chi connectivity index (χ4v) is 2.71. The molecule has 1 aromatic carbocycles. The van der Waals surface area contributed by atoms with Crippen molar-refractivity contribution in [3.8, 4) is 0 Å². The summed E-state index contributed by atoms with van der Waals surface area (Å²) in [7, 11) is 0. The number of aromatic nitrogens is 1. The normalized spacial score (nSPS) is 11.0. The molecule has 2 aromatic heterocycles. The highest BCUT2D eigenvalue weighted by atomic mass is 35.5. The number of hydrogen-bond donors (Lipinski definition) is 0. The molecule has 4 nitrogen and oxygen atoms in total. The minimum absolute atomic E-state index is 0.142. The van der Waals surface area contributed by atoms with Crippen molar-refractivity contribution in [2.24, 2.45) is 0 Å². The average Bonchev–Trinajstić information content (AvgIpc) is 3.16. The summed E-state index contributed by atoms with van der Waals surface area (Å²) in [6.45, 7) is 0.797. The van der Waals surface area contributed by atoms with E-state index >= 15 is 0 Å². The minimum Gasteiger partial charge on any atom is -0.467 e. The van der Waals surface area contributed by atoms with Crippen molar-refractivity contribution in [3.63, 3.8) is 0 Å². The molecule has 0 spiro atoms. The van der Waals surface area contributed by atoms with Crippen molar-refractivity contribution in [2.75, 3.05) is 0 Å². The van der Waals surface area contributed by atoms with Crippen LogP contribution in [0.2, 0.25) is 10.0 Å². The summed E-state index contributed by atoms with van der Waals surface area (Å²) in [4.78, 5) is 18.5. The Morgan fingerprint density at radius 3 is 2.69 bits per heavy atom. The van der Waals surface area contributed by atoms with E-state index in [1.165, 1.54) is 6.08 Å². The molecule has 0 atom stereocenters. The zero-order valence-corrected chi connectivity index (χ0v) is 15.3. The van der Waals surface area contributed by atoms with Gasteiger partial charge in [-0.15, -0.1) is 0 Å². The molecule has 0 aliphatic carbocycles. The van der Waals surface area contributed by atoms with Crippen LogP contribution in [0.5, 0.6) is 0 Å². The van der Waals surface area contributed by atoms with E-state index in [-0.39, 0.29) is 5.91 Å². The lowest BCUT2D eigenvalue weighted by Crippen LogP contribution is -2.28. The smallest absolute Gasteiger partial charge is 0.247 e. The summed E-state index contributed by atoms with van der Waals surface area (Å²) < 4.78 is 5.38. The van der Waals surface area contributed by atoms with E-state index in [1.807, 2.05) is 18.2 Å². The monoisotopic (exact) mass is 386 g/mol. The quantitative estimate of drug-likeness (QED) is 0.545. The molecule has 26 heavy (non-hydrogen) atoms. The van der Waals surface area contributed by atoms with Gasteiger partial charge in [0.25, 0.3) is 0 Å². The Kier molecular flexibility index (Phi) is 6.10. The highest BCUT2D eigenvalue weighted by molar-refractivity contribution is 6.42. The number of amides is 1. The van der Waals surface area contributed by atoms with Crippen LogP contribution in [0.25, 0.3) is 6.08 Å². The van der Waals surface area contributed by atoms with Gasteiger partial charge < -0.3 is 9.32 Å². The molecule has 0 fully saturated rings. The predicted octanol–water partition coefficient (Wildman–Crippen LogP) is 5.22. The predicted molar refractivity (Wildman–Crippen MR) is 103 cm³/mol. The number of rotatable bonds is 6. The Balaban J connectivity index is 1.77. The Bertz CT molecular complexity index is 893. The number of benzene rings is 1. The van der Waals surface area contributed by atoms with E-state index in [0.717, 1.165) is 11.1 Å². The minimum atomic E-state index is -0.142. The van der Waals surface area contributed by atoms with Gasteiger partial charge in [0.05, 0.1) is 22.9 Å². The maximum Gasteiger partial charge on any atom is 0.247 e. The van der Waals surface area contributed by atoms with Crippen LogP contribution >= 0.6 is 23.2 Å². The highest BCUT2D eigenvalue weighted by Crippen LogP contribution is 2.23. The molecule has 0 radical (unpaired) electrons. The fraction of sp³-hybridized carbons (Fsp3) is 0.100. The summed E-state index contributed by atoms with van der Waals surface area (Å²) in [6.07, 6.45) is 8.26. The molecule has 3 aromatic rings. The number of halogens is 2. The standard InChI is InChI=1S/C20H16Cl2N2O2/c21-18-7-5-15(11-19(18)22)6-8-20(25)24(14-17-4-2-10-26-17)13-16-3-1-9-23-12-16/h1-12H,13-14H2. The first-order valence-corrected chi connectivity index (χ1v) is 8.71. The second-order valence-corrected chi connectivity index (χ2v) is 6.46. The number of pyridine rings is 1. The van der Waals surface area contributed by atoms with E-state index < -0.39 is 0 Å². The molecule has 0 aliphatic heterocycles. The molecular weight excluding hydrogens is 371 g/mol. The number of nitrogens with zero attached hydrogens (tertiary/aromatic N) is 2. The Labute approximate surface area is 161 Å². The molecule has 6 heteroatoms. The van der Waals surface area contributed by atoms with Gasteiger partial charge in [-0.05, 0) is 47.5 Å². The summed E-state index contributed by atoms with van der Waals surface area (Å²) in [5, 5.41) is 0.926. The van der Waals surface area contributed by atoms with Crippen molar-refractivity contribution in [2.45, 2.75) is 13.1 Å². The molecule has 0 unspecified atom stereocenters. The van der Waals surface area contributed by atoms with Crippen LogP contribution in [0.3, 0.4) is 0 Å². The molecule has 2 heterocycles. The molecule has 0 bridgehead atoms. The van der Waals surface area contributed by atoms with Crippen LogP contribution in [-0.4, -0.2) is 15.8 Å². The molecule has 0 aliphatic rings. The van der Waals surface area contributed by atoms with Gasteiger partial charge in [-0.1, -0.05) is 35.3 Å². The van der Waals surface area contributed by atoms with Gasteiger partial charge in [0, 0.05) is 25.0 Å². The van der Waals surface area contributed by atoms with E-state index in [2.05, 4.69) is 4.98 Å². The SMILES string of the molecule is O=C(C=Cc1ccc(Cl)c(Cl)c1)N(Cc1cccnc1)Cc1ccco1. The first-order valence-electron chi connectivity index (χ1n) is 7.95. The molecule has 3 rings (SSSR count). The number of hydrogen-bond acceptors (Lipinski definition) is 3. The molecular formula is C20H16Cl2N2O2. The van der Waals surface area contributed by atoms with Gasteiger partial charge >= 0.3 is 0 Å². The van der Waals surface area contributed by atoms with Gasteiger partial charge in [0.15, 0.2) is 0 Å². The summed E-state index contributed by atoms with van der Waals surface area (Å²) in [5.74, 6) is 0.571. The number of furan rings is 1. The van der Waals surface area contributed by atoms with Crippen LogP contribution in [0.1, 0.15) is 16.9 Å². The molecule has 0 N–H and O–H groups in total. The summed E-state index contributed by atoms with van der Waals surface area (Å²) in [5.41, 5.74) is 1.74. The van der Waals surface area contributed by atoms with Gasteiger partial charge in [-0.2, -0.15) is 0 Å². The first-order chi connectivity index (χ1) is 12.6. The molecule has 132 valence electrons. The van der Waals surface area contributed by atoms with Crippen molar-refractivity contribution in [1.82, 2.24) is 9.88 Å². The van der Waals surface area contributed by atoms with Crippen molar-refractivity contribution < 1.29 is 9.21 Å². The van der Waals surface area contributed by atoms with Crippen LogP contribution in [-0.2, 0) is 17.9 Å². The third-order valence-corrected chi connectivity index (χ3v) is 4.44.